The van der Waals surface area contributed by atoms with Crippen LogP contribution in [0.1, 0.15) is 13.3 Å². The van der Waals surface area contributed by atoms with Crippen molar-refractivity contribution < 1.29 is 23.1 Å². The highest BCUT2D eigenvalue weighted by molar-refractivity contribution is 7.98. The molecule has 0 bridgehead atoms. The Morgan fingerprint density at radius 1 is 1.35 bits per heavy atom. The van der Waals surface area contributed by atoms with E-state index in [9.17, 15) is 18.0 Å². The van der Waals surface area contributed by atoms with Gasteiger partial charge in [-0.25, -0.2) is 22.7 Å². The van der Waals surface area contributed by atoms with E-state index in [1.807, 2.05) is 6.26 Å². The van der Waals surface area contributed by atoms with E-state index in [0.717, 1.165) is 0 Å². The molecule has 1 atom stereocenters. The summed E-state index contributed by atoms with van der Waals surface area (Å²) in [7, 11) is -3.40. The van der Waals surface area contributed by atoms with Crippen LogP contribution in [0.25, 0.3) is 0 Å². The summed E-state index contributed by atoms with van der Waals surface area (Å²) in [6, 6.07) is -1.67. The standard InChI is InChI=1S/C10H21N3O5S2/c1-3-12-20(17,18)7-5-11-10(16)13-8(9(14)15)4-6-19-2/h8,12H,3-7H2,1-2H3,(H,14,15)(H2,11,13,16)/t8-/m1/s1. The van der Waals surface area contributed by atoms with E-state index in [2.05, 4.69) is 15.4 Å². The first-order valence-corrected chi connectivity index (χ1v) is 9.10. The van der Waals surface area contributed by atoms with Crippen LogP contribution < -0.4 is 15.4 Å². The molecule has 118 valence electrons. The van der Waals surface area contributed by atoms with Gasteiger partial charge in [0.2, 0.25) is 10.0 Å². The number of amides is 2. The molecule has 0 saturated heterocycles. The predicted molar refractivity (Wildman–Crippen MR) is 78.4 cm³/mol. The lowest BCUT2D eigenvalue weighted by molar-refractivity contribution is -0.139. The van der Waals surface area contributed by atoms with Crippen LogP contribution in [-0.4, -0.2) is 62.4 Å². The lowest BCUT2D eigenvalue weighted by atomic mass is 10.2. The number of carboxylic acid groups (broad SMARTS) is 1. The fourth-order valence-electron chi connectivity index (χ4n) is 1.29. The minimum Gasteiger partial charge on any atom is -0.480 e. The molecule has 0 fully saturated rings. The van der Waals surface area contributed by atoms with Gasteiger partial charge in [-0.05, 0) is 18.4 Å². The Morgan fingerprint density at radius 2 is 2.00 bits per heavy atom. The zero-order chi connectivity index (χ0) is 15.6. The van der Waals surface area contributed by atoms with Gasteiger partial charge in [0.25, 0.3) is 0 Å². The molecule has 0 unspecified atom stereocenters. The zero-order valence-electron chi connectivity index (χ0n) is 11.5. The second kappa shape index (κ2) is 9.83. The molecule has 0 aromatic heterocycles. The van der Waals surface area contributed by atoms with Gasteiger partial charge < -0.3 is 15.7 Å². The van der Waals surface area contributed by atoms with E-state index in [-0.39, 0.29) is 18.8 Å². The molecule has 0 saturated carbocycles. The van der Waals surface area contributed by atoms with Crippen molar-refractivity contribution >= 4 is 33.8 Å². The fourth-order valence-corrected chi connectivity index (χ4v) is 2.72. The summed E-state index contributed by atoms with van der Waals surface area (Å²) in [5.74, 6) is -0.766. The molecule has 0 heterocycles. The molecule has 0 radical (unpaired) electrons. The van der Waals surface area contributed by atoms with E-state index in [4.69, 9.17) is 5.11 Å². The number of carboxylic acids is 1. The summed E-state index contributed by atoms with van der Waals surface area (Å²) in [6.45, 7) is 1.85. The summed E-state index contributed by atoms with van der Waals surface area (Å²) in [6.07, 6.45) is 2.14. The average Bonchev–Trinajstić information content (AvgIpc) is 2.33. The van der Waals surface area contributed by atoms with Gasteiger partial charge in [0, 0.05) is 13.1 Å². The highest BCUT2D eigenvalue weighted by Crippen LogP contribution is 2.00. The smallest absolute Gasteiger partial charge is 0.326 e. The third-order valence-electron chi connectivity index (χ3n) is 2.23. The van der Waals surface area contributed by atoms with Crippen LogP contribution in [-0.2, 0) is 14.8 Å². The highest BCUT2D eigenvalue weighted by atomic mass is 32.2. The Kier molecular flexibility index (Phi) is 9.34. The Bertz CT molecular complexity index is 413. The number of thioether (sulfide) groups is 1. The third kappa shape index (κ3) is 8.99. The fraction of sp³-hybridized carbons (Fsp3) is 0.800. The lowest BCUT2D eigenvalue weighted by Crippen LogP contribution is -2.47. The maximum absolute atomic E-state index is 11.5. The van der Waals surface area contributed by atoms with Crippen molar-refractivity contribution in [2.75, 3.05) is 30.9 Å². The van der Waals surface area contributed by atoms with Crippen molar-refractivity contribution in [3.05, 3.63) is 0 Å². The van der Waals surface area contributed by atoms with E-state index < -0.39 is 28.1 Å². The third-order valence-corrected chi connectivity index (χ3v) is 4.35. The molecule has 0 aromatic rings. The molecular formula is C10H21N3O5S2. The SMILES string of the molecule is CCNS(=O)(=O)CCNC(=O)N[C@H](CCSC)C(=O)O. The summed E-state index contributed by atoms with van der Waals surface area (Å²) < 4.78 is 24.9. The maximum Gasteiger partial charge on any atom is 0.326 e. The normalized spacial score (nSPS) is 12.7. The van der Waals surface area contributed by atoms with E-state index in [1.165, 1.54) is 11.8 Å². The minimum absolute atomic E-state index is 0.0873. The Hall–Kier alpha value is -1.00. The van der Waals surface area contributed by atoms with Gasteiger partial charge in [-0.2, -0.15) is 11.8 Å². The van der Waals surface area contributed by atoms with Crippen molar-refractivity contribution in [2.24, 2.45) is 0 Å². The van der Waals surface area contributed by atoms with E-state index in [0.29, 0.717) is 12.2 Å². The molecule has 10 heteroatoms. The quantitative estimate of drug-likeness (QED) is 0.426. The molecule has 0 aliphatic rings. The largest absolute Gasteiger partial charge is 0.480 e. The van der Waals surface area contributed by atoms with Gasteiger partial charge in [-0.3, -0.25) is 0 Å². The molecule has 8 nitrogen and oxygen atoms in total. The van der Waals surface area contributed by atoms with Crippen LogP contribution in [0.4, 0.5) is 4.79 Å². The number of carbonyl (C=O) groups is 2. The molecule has 0 spiro atoms. The van der Waals surface area contributed by atoms with Gasteiger partial charge in [-0.1, -0.05) is 6.92 Å². The number of rotatable bonds is 10. The molecule has 0 rings (SSSR count). The van der Waals surface area contributed by atoms with E-state index >= 15 is 0 Å². The van der Waals surface area contributed by atoms with Crippen LogP contribution in [0.3, 0.4) is 0 Å². The summed E-state index contributed by atoms with van der Waals surface area (Å²) in [5.41, 5.74) is 0. The molecule has 20 heavy (non-hydrogen) atoms. The van der Waals surface area contributed by atoms with E-state index in [1.54, 1.807) is 6.92 Å². The first kappa shape index (κ1) is 19.0. The van der Waals surface area contributed by atoms with Crippen molar-refractivity contribution in [2.45, 2.75) is 19.4 Å². The van der Waals surface area contributed by atoms with Crippen LogP contribution in [0, 0.1) is 0 Å². The first-order chi connectivity index (χ1) is 9.32. The zero-order valence-corrected chi connectivity index (χ0v) is 13.1. The number of carbonyl (C=O) groups excluding carboxylic acids is 1. The van der Waals surface area contributed by atoms with Crippen LogP contribution in [0.2, 0.25) is 0 Å². The van der Waals surface area contributed by atoms with Gasteiger partial charge in [0.05, 0.1) is 5.75 Å². The molecule has 0 aliphatic heterocycles. The Balaban J connectivity index is 4.11. The van der Waals surface area contributed by atoms with Crippen molar-refractivity contribution in [1.29, 1.82) is 0 Å². The highest BCUT2D eigenvalue weighted by Gasteiger charge is 2.19. The number of hydrogen-bond acceptors (Lipinski definition) is 5. The second-order valence-corrected chi connectivity index (χ2v) is 6.80. The molecule has 0 aromatic carbocycles. The Morgan fingerprint density at radius 3 is 2.50 bits per heavy atom. The van der Waals surface area contributed by atoms with Gasteiger partial charge in [0.1, 0.15) is 6.04 Å². The first-order valence-electron chi connectivity index (χ1n) is 6.05. The van der Waals surface area contributed by atoms with Crippen molar-refractivity contribution in [3.63, 3.8) is 0 Å². The molecule has 2 amide bonds. The number of sulfonamides is 1. The topological polar surface area (TPSA) is 125 Å². The lowest BCUT2D eigenvalue weighted by Gasteiger charge is -2.14. The summed E-state index contributed by atoms with van der Waals surface area (Å²) in [5, 5.41) is 13.5. The summed E-state index contributed by atoms with van der Waals surface area (Å²) in [4.78, 5) is 22.4. The van der Waals surface area contributed by atoms with Gasteiger partial charge in [-0.15, -0.1) is 0 Å². The monoisotopic (exact) mass is 327 g/mol. The molecule has 4 N–H and O–H groups in total. The van der Waals surface area contributed by atoms with Gasteiger partial charge in [0.15, 0.2) is 0 Å². The van der Waals surface area contributed by atoms with Crippen LogP contribution in [0.5, 0.6) is 0 Å². The van der Waals surface area contributed by atoms with Crippen LogP contribution in [0.15, 0.2) is 0 Å². The Labute approximate surface area is 123 Å². The van der Waals surface area contributed by atoms with Crippen molar-refractivity contribution in [1.82, 2.24) is 15.4 Å². The van der Waals surface area contributed by atoms with Crippen LogP contribution >= 0.6 is 11.8 Å². The maximum atomic E-state index is 11.5. The number of nitrogens with one attached hydrogen (secondary N) is 3. The average molecular weight is 327 g/mol. The van der Waals surface area contributed by atoms with Gasteiger partial charge >= 0.3 is 12.0 Å². The molecule has 0 aliphatic carbocycles. The van der Waals surface area contributed by atoms with Crippen molar-refractivity contribution in [3.8, 4) is 0 Å². The number of hydrogen-bond donors (Lipinski definition) is 4. The minimum atomic E-state index is -3.40. The summed E-state index contributed by atoms with van der Waals surface area (Å²) >= 11 is 1.48. The molecular weight excluding hydrogens is 306 g/mol. The second-order valence-electron chi connectivity index (χ2n) is 3.89. The predicted octanol–water partition coefficient (Wildman–Crippen LogP) is -0.569. The number of aliphatic carboxylic acids is 1. The number of urea groups is 1.